The summed E-state index contributed by atoms with van der Waals surface area (Å²) in [5.41, 5.74) is 1.85. The molecule has 0 radical (unpaired) electrons. The maximum atomic E-state index is 5.81. The van der Waals surface area contributed by atoms with Crippen LogP contribution in [0.25, 0.3) is 0 Å². The van der Waals surface area contributed by atoms with Crippen molar-refractivity contribution in [3.63, 3.8) is 0 Å². The van der Waals surface area contributed by atoms with Crippen molar-refractivity contribution in [2.75, 3.05) is 5.32 Å². The number of nitrogens with one attached hydrogen (secondary N) is 1. The quantitative estimate of drug-likeness (QED) is 0.540. The van der Waals surface area contributed by atoms with Crippen LogP contribution in [-0.4, -0.2) is 6.21 Å². The van der Waals surface area contributed by atoms with Crippen LogP contribution in [0.3, 0.4) is 0 Å². The van der Waals surface area contributed by atoms with Crippen molar-refractivity contribution in [2.45, 2.75) is 0 Å². The van der Waals surface area contributed by atoms with Crippen LogP contribution in [0, 0.1) is 0 Å². The zero-order valence-corrected chi connectivity index (χ0v) is 12.7. The molecule has 2 rings (SSSR count). The number of hydrogen-bond acceptors (Lipinski definition) is 2. The summed E-state index contributed by atoms with van der Waals surface area (Å²) in [6.07, 6.45) is 9.21. The second-order valence-corrected chi connectivity index (χ2v) is 5.02. The molecule has 2 nitrogen and oxygen atoms in total. The summed E-state index contributed by atoms with van der Waals surface area (Å²) >= 11 is 11.6. The standard InChI is InChI=1S/C17H14Cl2N2/c18-14-4-8-16(9-5-14)20-12-2-1-3-13-21-17-10-6-15(19)7-11-17/h1-13,20H/b3-1+,12-2-,21-13?. The zero-order valence-electron chi connectivity index (χ0n) is 11.2. The first-order chi connectivity index (χ1) is 10.2. The molecular weight excluding hydrogens is 303 g/mol. The fourth-order valence-corrected chi connectivity index (χ4v) is 1.77. The van der Waals surface area contributed by atoms with Crippen molar-refractivity contribution in [1.29, 1.82) is 0 Å². The van der Waals surface area contributed by atoms with E-state index in [9.17, 15) is 0 Å². The van der Waals surface area contributed by atoms with E-state index in [1.54, 1.807) is 6.21 Å². The van der Waals surface area contributed by atoms with E-state index in [4.69, 9.17) is 23.2 Å². The normalized spacial score (nSPS) is 11.7. The van der Waals surface area contributed by atoms with Gasteiger partial charge in [-0.05, 0) is 60.7 Å². The van der Waals surface area contributed by atoms with Crippen LogP contribution >= 0.6 is 23.2 Å². The molecule has 106 valence electrons. The van der Waals surface area contributed by atoms with Crippen molar-refractivity contribution in [3.8, 4) is 0 Å². The number of allylic oxidation sites excluding steroid dienone is 3. The Morgan fingerprint density at radius 1 is 0.762 bits per heavy atom. The molecule has 0 bridgehead atoms. The third-order valence-corrected chi connectivity index (χ3v) is 3.05. The first-order valence-electron chi connectivity index (χ1n) is 6.37. The van der Waals surface area contributed by atoms with Gasteiger partial charge in [-0.15, -0.1) is 0 Å². The molecule has 0 spiro atoms. The Morgan fingerprint density at radius 3 is 2.05 bits per heavy atom. The van der Waals surface area contributed by atoms with Crippen molar-refractivity contribution >= 4 is 40.8 Å². The molecule has 0 aliphatic heterocycles. The number of nitrogens with zero attached hydrogens (tertiary/aromatic N) is 1. The fraction of sp³-hybridized carbons (Fsp3) is 0. The van der Waals surface area contributed by atoms with Crippen LogP contribution in [0.4, 0.5) is 11.4 Å². The van der Waals surface area contributed by atoms with Crippen LogP contribution in [0.1, 0.15) is 0 Å². The second kappa shape index (κ2) is 8.30. The third kappa shape index (κ3) is 5.86. The summed E-state index contributed by atoms with van der Waals surface area (Å²) in [7, 11) is 0. The van der Waals surface area contributed by atoms with Crippen LogP contribution in [0.15, 0.2) is 78.0 Å². The van der Waals surface area contributed by atoms with E-state index in [-0.39, 0.29) is 0 Å². The zero-order chi connectivity index (χ0) is 14.9. The highest BCUT2D eigenvalue weighted by Crippen LogP contribution is 2.15. The summed E-state index contributed by atoms with van der Waals surface area (Å²) in [5.74, 6) is 0. The lowest BCUT2D eigenvalue weighted by Crippen LogP contribution is -1.85. The summed E-state index contributed by atoms with van der Waals surface area (Å²) in [5, 5.41) is 4.57. The second-order valence-electron chi connectivity index (χ2n) is 4.15. The lowest BCUT2D eigenvalue weighted by atomic mass is 10.3. The molecule has 0 aliphatic rings. The molecule has 2 aromatic carbocycles. The predicted molar refractivity (Wildman–Crippen MR) is 93.0 cm³/mol. The minimum Gasteiger partial charge on any atom is -0.362 e. The molecule has 21 heavy (non-hydrogen) atoms. The van der Waals surface area contributed by atoms with Gasteiger partial charge in [-0.3, -0.25) is 4.99 Å². The molecule has 0 saturated carbocycles. The summed E-state index contributed by atoms with van der Waals surface area (Å²) < 4.78 is 0. The van der Waals surface area contributed by atoms with Gasteiger partial charge in [-0.1, -0.05) is 29.3 Å². The van der Waals surface area contributed by atoms with Crippen LogP contribution in [0.5, 0.6) is 0 Å². The monoisotopic (exact) mass is 316 g/mol. The molecule has 2 aromatic rings. The minimum atomic E-state index is 0.709. The molecule has 0 aliphatic carbocycles. The largest absolute Gasteiger partial charge is 0.362 e. The fourth-order valence-electron chi connectivity index (χ4n) is 1.52. The molecule has 4 heteroatoms. The predicted octanol–water partition coefficient (Wildman–Crippen LogP) is 5.88. The smallest absolute Gasteiger partial charge is 0.0630 e. The molecule has 0 saturated heterocycles. The summed E-state index contributed by atoms with van der Waals surface area (Å²) in [6, 6.07) is 14.9. The lowest BCUT2D eigenvalue weighted by molar-refractivity contribution is 1.54. The van der Waals surface area contributed by atoms with Gasteiger partial charge in [0, 0.05) is 28.1 Å². The summed E-state index contributed by atoms with van der Waals surface area (Å²) in [4.78, 5) is 4.27. The van der Waals surface area contributed by atoms with Crippen molar-refractivity contribution in [2.24, 2.45) is 4.99 Å². The van der Waals surface area contributed by atoms with Gasteiger partial charge in [0.15, 0.2) is 0 Å². The third-order valence-electron chi connectivity index (χ3n) is 2.55. The average molecular weight is 317 g/mol. The van der Waals surface area contributed by atoms with E-state index < -0.39 is 0 Å². The molecule has 0 heterocycles. The number of hydrogen-bond donors (Lipinski definition) is 1. The average Bonchev–Trinajstić information content (AvgIpc) is 2.50. The molecule has 0 unspecified atom stereocenters. The molecule has 0 atom stereocenters. The highest BCUT2D eigenvalue weighted by Gasteiger charge is 1.88. The van der Waals surface area contributed by atoms with Gasteiger partial charge in [0.05, 0.1) is 5.69 Å². The van der Waals surface area contributed by atoms with E-state index in [1.807, 2.05) is 73.0 Å². The number of halogens is 2. The first kappa shape index (κ1) is 15.4. The molecule has 0 aromatic heterocycles. The molecule has 0 amide bonds. The van der Waals surface area contributed by atoms with E-state index in [2.05, 4.69) is 10.3 Å². The number of aliphatic imine (C=N–C) groups is 1. The SMILES string of the molecule is Clc1ccc(N=C/C=C/C=C\Nc2ccc(Cl)cc2)cc1. The van der Waals surface area contributed by atoms with Gasteiger partial charge < -0.3 is 5.32 Å². The maximum absolute atomic E-state index is 5.81. The van der Waals surface area contributed by atoms with Crippen molar-refractivity contribution < 1.29 is 0 Å². The van der Waals surface area contributed by atoms with Gasteiger partial charge in [-0.25, -0.2) is 0 Å². The molecule has 0 fully saturated rings. The topological polar surface area (TPSA) is 24.4 Å². The van der Waals surface area contributed by atoms with Crippen molar-refractivity contribution in [3.05, 3.63) is 83.0 Å². The van der Waals surface area contributed by atoms with Gasteiger partial charge in [0.1, 0.15) is 0 Å². The Balaban J connectivity index is 1.78. The Bertz CT molecular complexity index is 641. The first-order valence-corrected chi connectivity index (χ1v) is 7.13. The Hall–Kier alpha value is -2.03. The van der Waals surface area contributed by atoms with Gasteiger partial charge in [-0.2, -0.15) is 0 Å². The minimum absolute atomic E-state index is 0.709. The molecular formula is C17H14Cl2N2. The van der Waals surface area contributed by atoms with E-state index in [0.717, 1.165) is 16.4 Å². The van der Waals surface area contributed by atoms with Crippen LogP contribution in [-0.2, 0) is 0 Å². The van der Waals surface area contributed by atoms with Gasteiger partial charge >= 0.3 is 0 Å². The van der Waals surface area contributed by atoms with E-state index in [1.165, 1.54) is 0 Å². The highest BCUT2D eigenvalue weighted by atomic mass is 35.5. The maximum Gasteiger partial charge on any atom is 0.0630 e. The number of benzene rings is 2. The van der Waals surface area contributed by atoms with Crippen LogP contribution in [0.2, 0.25) is 10.0 Å². The van der Waals surface area contributed by atoms with Gasteiger partial charge in [0.2, 0.25) is 0 Å². The van der Waals surface area contributed by atoms with E-state index >= 15 is 0 Å². The van der Waals surface area contributed by atoms with Crippen molar-refractivity contribution in [1.82, 2.24) is 0 Å². The Morgan fingerprint density at radius 2 is 1.38 bits per heavy atom. The Labute approximate surface area is 134 Å². The number of rotatable bonds is 5. The summed E-state index contributed by atoms with van der Waals surface area (Å²) in [6.45, 7) is 0. The van der Waals surface area contributed by atoms with Gasteiger partial charge in [0.25, 0.3) is 0 Å². The van der Waals surface area contributed by atoms with Crippen LogP contribution < -0.4 is 5.32 Å². The lowest BCUT2D eigenvalue weighted by Gasteiger charge is -1.98. The number of anilines is 1. The molecule has 1 N–H and O–H groups in total. The van der Waals surface area contributed by atoms with E-state index in [0.29, 0.717) is 5.02 Å². The Kier molecular flexibility index (Phi) is 6.07. The highest BCUT2D eigenvalue weighted by molar-refractivity contribution is 6.30.